The van der Waals surface area contributed by atoms with Gasteiger partial charge in [-0.05, 0) is 31.5 Å². The standard InChI is InChI=1S/C18H19F3N2O4/c1-11-5-6-13(9-15(11)27-16(10-25-3)17(24)26-4)23-8-7-14(22-23)12(2)18(19,20)21/h5-10,12H,1-4H3/b16-10-. The van der Waals surface area contributed by atoms with E-state index in [1.54, 1.807) is 25.1 Å². The lowest BCUT2D eigenvalue weighted by Gasteiger charge is -2.13. The van der Waals surface area contributed by atoms with Gasteiger partial charge in [0.2, 0.25) is 5.76 Å². The van der Waals surface area contributed by atoms with E-state index < -0.39 is 18.1 Å². The van der Waals surface area contributed by atoms with Crippen LogP contribution in [0.4, 0.5) is 13.2 Å². The maximum atomic E-state index is 12.9. The van der Waals surface area contributed by atoms with Crippen molar-refractivity contribution in [3.8, 4) is 11.4 Å². The molecule has 0 aliphatic rings. The van der Waals surface area contributed by atoms with Crippen LogP contribution in [0.5, 0.6) is 5.75 Å². The summed E-state index contributed by atoms with van der Waals surface area (Å²) in [5.41, 5.74) is 1.07. The van der Waals surface area contributed by atoms with E-state index in [0.29, 0.717) is 17.0 Å². The van der Waals surface area contributed by atoms with Crippen molar-refractivity contribution < 1.29 is 32.2 Å². The first-order valence-electron chi connectivity index (χ1n) is 7.89. The Kier molecular flexibility index (Phi) is 6.14. The van der Waals surface area contributed by atoms with Gasteiger partial charge in [0.15, 0.2) is 0 Å². The third-order valence-electron chi connectivity index (χ3n) is 3.81. The number of benzene rings is 1. The minimum absolute atomic E-state index is 0.0972. The van der Waals surface area contributed by atoms with Gasteiger partial charge in [-0.15, -0.1) is 0 Å². The Morgan fingerprint density at radius 1 is 1.26 bits per heavy atom. The smallest absolute Gasteiger partial charge is 0.397 e. The average Bonchev–Trinajstić information content (AvgIpc) is 3.10. The molecule has 27 heavy (non-hydrogen) atoms. The van der Waals surface area contributed by atoms with Crippen LogP contribution in [-0.2, 0) is 14.3 Å². The van der Waals surface area contributed by atoms with E-state index in [1.165, 1.54) is 31.2 Å². The highest BCUT2D eigenvalue weighted by Gasteiger charge is 2.38. The van der Waals surface area contributed by atoms with Gasteiger partial charge in [0.05, 0.1) is 31.5 Å². The summed E-state index contributed by atoms with van der Waals surface area (Å²) in [5, 5.41) is 3.99. The first-order valence-corrected chi connectivity index (χ1v) is 7.89. The summed E-state index contributed by atoms with van der Waals surface area (Å²) in [6.07, 6.45) is -1.85. The molecule has 0 aliphatic carbocycles. The monoisotopic (exact) mass is 384 g/mol. The zero-order chi connectivity index (χ0) is 20.2. The number of aromatic nitrogens is 2. The van der Waals surface area contributed by atoms with E-state index in [2.05, 4.69) is 9.84 Å². The van der Waals surface area contributed by atoms with Gasteiger partial charge in [-0.2, -0.15) is 18.3 Å². The predicted octanol–water partition coefficient (Wildman–Crippen LogP) is 3.89. The number of esters is 1. The van der Waals surface area contributed by atoms with E-state index in [0.717, 1.165) is 13.2 Å². The van der Waals surface area contributed by atoms with E-state index in [9.17, 15) is 18.0 Å². The number of rotatable bonds is 6. The summed E-state index contributed by atoms with van der Waals surface area (Å²) >= 11 is 0. The fourth-order valence-electron chi connectivity index (χ4n) is 2.16. The van der Waals surface area contributed by atoms with Crippen LogP contribution in [0, 0.1) is 6.92 Å². The Morgan fingerprint density at radius 2 is 1.96 bits per heavy atom. The molecule has 0 radical (unpaired) electrons. The van der Waals surface area contributed by atoms with Crippen LogP contribution < -0.4 is 4.74 Å². The maximum Gasteiger partial charge on any atom is 0.397 e. The fraction of sp³-hybridized carbons (Fsp3) is 0.333. The van der Waals surface area contributed by atoms with Gasteiger partial charge in [0, 0.05) is 12.3 Å². The van der Waals surface area contributed by atoms with Crippen molar-refractivity contribution in [2.24, 2.45) is 0 Å². The van der Waals surface area contributed by atoms with Crippen molar-refractivity contribution in [3.05, 3.63) is 53.7 Å². The molecule has 0 bridgehead atoms. The lowest BCUT2D eigenvalue weighted by Crippen LogP contribution is -2.18. The molecule has 0 spiro atoms. The number of alkyl halides is 3. The lowest BCUT2D eigenvalue weighted by atomic mass is 10.1. The molecule has 0 aliphatic heterocycles. The van der Waals surface area contributed by atoms with E-state index in [4.69, 9.17) is 9.47 Å². The van der Waals surface area contributed by atoms with Crippen LogP contribution in [0.15, 0.2) is 42.5 Å². The molecule has 9 heteroatoms. The summed E-state index contributed by atoms with van der Waals surface area (Å²) in [5.74, 6) is -2.29. The lowest BCUT2D eigenvalue weighted by molar-refractivity contribution is -0.147. The molecule has 1 aromatic carbocycles. The molecule has 2 aromatic rings. The highest BCUT2D eigenvalue weighted by atomic mass is 19.4. The number of aryl methyl sites for hydroxylation is 1. The molecule has 146 valence electrons. The zero-order valence-electron chi connectivity index (χ0n) is 15.2. The van der Waals surface area contributed by atoms with E-state index in [-0.39, 0.29) is 11.5 Å². The minimum atomic E-state index is -4.37. The molecule has 2 rings (SSSR count). The van der Waals surface area contributed by atoms with Crippen LogP contribution in [0.2, 0.25) is 0 Å². The normalized spacial score (nSPS) is 13.2. The molecule has 0 saturated heterocycles. The minimum Gasteiger partial charge on any atom is -0.500 e. The van der Waals surface area contributed by atoms with Crippen molar-refractivity contribution in [1.29, 1.82) is 0 Å². The van der Waals surface area contributed by atoms with Crippen LogP contribution in [0.25, 0.3) is 5.69 Å². The predicted molar refractivity (Wildman–Crippen MR) is 90.5 cm³/mol. The SMILES string of the molecule is CO/C=C(\Oc1cc(-n2ccc(C(C)C(F)(F)F)n2)ccc1C)C(=O)OC. The molecule has 1 aromatic heterocycles. The Balaban J connectivity index is 2.34. The summed E-state index contributed by atoms with van der Waals surface area (Å²) in [7, 11) is 2.55. The Labute approximate surface area is 154 Å². The number of hydrogen-bond donors (Lipinski definition) is 0. The number of nitrogens with zero attached hydrogens (tertiary/aromatic N) is 2. The number of ether oxygens (including phenoxy) is 3. The summed E-state index contributed by atoms with van der Waals surface area (Å²) in [4.78, 5) is 11.7. The molecule has 1 unspecified atom stereocenters. The van der Waals surface area contributed by atoms with Gasteiger partial charge in [0.1, 0.15) is 12.0 Å². The molecule has 0 N–H and O–H groups in total. The first-order chi connectivity index (χ1) is 12.7. The Bertz CT molecular complexity index is 843. The molecular formula is C18H19F3N2O4. The average molecular weight is 384 g/mol. The zero-order valence-corrected chi connectivity index (χ0v) is 15.2. The summed E-state index contributed by atoms with van der Waals surface area (Å²) in [6.45, 7) is 2.80. The first kappa shape index (κ1) is 20.3. The van der Waals surface area contributed by atoms with Crippen molar-refractivity contribution >= 4 is 5.97 Å². The number of carbonyl (C=O) groups excluding carboxylic acids is 1. The molecule has 0 amide bonds. The van der Waals surface area contributed by atoms with Gasteiger partial charge in [-0.25, -0.2) is 9.48 Å². The topological polar surface area (TPSA) is 62.6 Å². The van der Waals surface area contributed by atoms with Crippen molar-refractivity contribution in [2.75, 3.05) is 14.2 Å². The number of methoxy groups -OCH3 is 2. The maximum absolute atomic E-state index is 12.9. The second-order valence-corrected chi connectivity index (χ2v) is 5.71. The number of hydrogen-bond acceptors (Lipinski definition) is 5. The highest BCUT2D eigenvalue weighted by molar-refractivity contribution is 5.86. The molecule has 1 heterocycles. The van der Waals surface area contributed by atoms with E-state index >= 15 is 0 Å². The largest absolute Gasteiger partial charge is 0.500 e. The fourth-order valence-corrected chi connectivity index (χ4v) is 2.16. The van der Waals surface area contributed by atoms with Crippen molar-refractivity contribution in [2.45, 2.75) is 25.9 Å². The molecule has 1 atom stereocenters. The van der Waals surface area contributed by atoms with Gasteiger partial charge < -0.3 is 14.2 Å². The van der Waals surface area contributed by atoms with Crippen LogP contribution >= 0.6 is 0 Å². The van der Waals surface area contributed by atoms with Crippen LogP contribution in [0.1, 0.15) is 24.1 Å². The van der Waals surface area contributed by atoms with E-state index in [1.807, 2.05) is 0 Å². The molecule has 0 saturated carbocycles. The van der Waals surface area contributed by atoms with Gasteiger partial charge >= 0.3 is 12.1 Å². The molecular weight excluding hydrogens is 365 g/mol. The second kappa shape index (κ2) is 8.15. The third kappa shape index (κ3) is 4.81. The van der Waals surface area contributed by atoms with Gasteiger partial charge in [-0.3, -0.25) is 0 Å². The second-order valence-electron chi connectivity index (χ2n) is 5.71. The van der Waals surface area contributed by atoms with Gasteiger partial charge in [-0.1, -0.05) is 6.07 Å². The molecule has 6 nitrogen and oxygen atoms in total. The highest BCUT2D eigenvalue weighted by Crippen LogP contribution is 2.33. The van der Waals surface area contributed by atoms with Crippen LogP contribution in [0.3, 0.4) is 0 Å². The van der Waals surface area contributed by atoms with Crippen molar-refractivity contribution in [1.82, 2.24) is 9.78 Å². The number of carbonyl (C=O) groups is 1. The van der Waals surface area contributed by atoms with Gasteiger partial charge in [0.25, 0.3) is 0 Å². The quantitative estimate of drug-likeness (QED) is 0.430. The Morgan fingerprint density at radius 3 is 2.56 bits per heavy atom. The van der Waals surface area contributed by atoms with Crippen LogP contribution in [-0.4, -0.2) is 36.1 Å². The Hall–Kier alpha value is -2.97. The molecule has 0 fully saturated rings. The third-order valence-corrected chi connectivity index (χ3v) is 3.81. The van der Waals surface area contributed by atoms with Crippen molar-refractivity contribution in [3.63, 3.8) is 0 Å². The summed E-state index contributed by atoms with van der Waals surface area (Å²) < 4.78 is 54.9. The number of halogens is 3. The summed E-state index contributed by atoms with van der Waals surface area (Å²) in [6, 6.07) is 6.23.